The predicted molar refractivity (Wildman–Crippen MR) is 70.9 cm³/mol. The zero-order chi connectivity index (χ0) is 14.3. The van der Waals surface area contributed by atoms with Crippen LogP contribution in [0.4, 0.5) is 0 Å². The number of carbonyl (C=O) groups is 1. The van der Waals surface area contributed by atoms with Gasteiger partial charge >= 0.3 is 0 Å². The second kappa shape index (κ2) is 7.64. The van der Waals surface area contributed by atoms with Crippen LogP contribution in [-0.2, 0) is 19.1 Å². The normalized spacial score (nSPS) is 19.0. The van der Waals surface area contributed by atoms with Gasteiger partial charge in [0.2, 0.25) is 5.76 Å². The van der Waals surface area contributed by atoms with Crippen LogP contribution in [0.3, 0.4) is 0 Å². The maximum absolute atomic E-state index is 12.0. The molecule has 0 aliphatic carbocycles. The molecule has 0 saturated carbocycles. The molecule has 1 heterocycles. The first-order chi connectivity index (χ1) is 9.19. The fraction of sp³-hybridized carbons (Fsp3) is 0.643. The van der Waals surface area contributed by atoms with Crippen molar-refractivity contribution in [3.05, 3.63) is 17.1 Å². The number of amides is 1. The van der Waals surface area contributed by atoms with Crippen molar-refractivity contribution in [3.8, 4) is 0 Å². The largest absolute Gasteiger partial charge is 0.489 e. The number of hydrogen-bond acceptors (Lipinski definition) is 4. The molecule has 1 aliphatic rings. The van der Waals surface area contributed by atoms with Crippen LogP contribution >= 0.6 is 0 Å². The Hall–Kier alpha value is -1.74. The second-order valence-electron chi connectivity index (χ2n) is 4.21. The summed E-state index contributed by atoms with van der Waals surface area (Å²) in [6.07, 6.45) is 2.60. The number of rotatable bonds is 7. The molecule has 106 valence electrons. The molecule has 0 aromatic carbocycles. The Morgan fingerprint density at radius 2 is 1.79 bits per heavy atom. The van der Waals surface area contributed by atoms with Gasteiger partial charge in [-0.15, -0.1) is 0 Å². The van der Waals surface area contributed by atoms with Crippen LogP contribution in [0.2, 0.25) is 0 Å². The highest BCUT2D eigenvalue weighted by Crippen LogP contribution is 2.26. The monoisotopic (exact) mass is 267 g/mol. The average Bonchev–Trinajstić information content (AvgIpc) is 2.40. The van der Waals surface area contributed by atoms with Gasteiger partial charge in [0.15, 0.2) is 5.76 Å². The highest BCUT2D eigenvalue weighted by Gasteiger charge is 2.34. The lowest BCUT2D eigenvalue weighted by Crippen LogP contribution is -2.43. The van der Waals surface area contributed by atoms with E-state index in [1.807, 2.05) is 5.94 Å². The smallest absolute Gasteiger partial charge is 0.290 e. The molecule has 19 heavy (non-hydrogen) atoms. The number of hydrogen-bond donors (Lipinski definition) is 1. The minimum absolute atomic E-state index is 0.0791. The van der Waals surface area contributed by atoms with E-state index in [2.05, 4.69) is 12.2 Å². The van der Waals surface area contributed by atoms with E-state index in [1.165, 1.54) is 0 Å². The summed E-state index contributed by atoms with van der Waals surface area (Å²) >= 11 is 0. The SMILES string of the molecule is CCCCC1NC(=O)C(OCC)=C(OCC)C1=C=O. The lowest BCUT2D eigenvalue weighted by molar-refractivity contribution is -0.122. The molecule has 1 unspecified atom stereocenters. The summed E-state index contributed by atoms with van der Waals surface area (Å²) in [5.74, 6) is 1.89. The van der Waals surface area contributed by atoms with Gasteiger partial charge in [-0.1, -0.05) is 19.8 Å². The third-order valence-electron chi connectivity index (χ3n) is 2.84. The van der Waals surface area contributed by atoms with E-state index in [9.17, 15) is 9.59 Å². The van der Waals surface area contributed by atoms with Crippen LogP contribution in [-0.4, -0.2) is 31.1 Å². The Morgan fingerprint density at radius 3 is 2.32 bits per heavy atom. The zero-order valence-corrected chi connectivity index (χ0v) is 11.7. The molecule has 1 atom stereocenters. The Kier molecular flexibility index (Phi) is 6.16. The van der Waals surface area contributed by atoms with Gasteiger partial charge in [0.05, 0.1) is 19.3 Å². The van der Waals surface area contributed by atoms with Crippen molar-refractivity contribution in [1.82, 2.24) is 5.32 Å². The highest BCUT2D eigenvalue weighted by atomic mass is 16.5. The molecule has 0 fully saturated rings. The minimum atomic E-state index is -0.337. The Bertz CT molecular complexity index is 408. The maximum atomic E-state index is 12.0. The molecule has 0 spiro atoms. The van der Waals surface area contributed by atoms with Crippen LogP contribution in [0, 0.1) is 0 Å². The van der Waals surface area contributed by atoms with Gasteiger partial charge in [-0.25, -0.2) is 4.79 Å². The Labute approximate surface area is 113 Å². The molecule has 0 saturated heterocycles. The van der Waals surface area contributed by atoms with E-state index in [4.69, 9.17) is 9.47 Å². The lowest BCUT2D eigenvalue weighted by Gasteiger charge is -2.27. The van der Waals surface area contributed by atoms with Crippen molar-refractivity contribution < 1.29 is 19.1 Å². The van der Waals surface area contributed by atoms with Gasteiger partial charge < -0.3 is 14.8 Å². The van der Waals surface area contributed by atoms with E-state index >= 15 is 0 Å². The number of nitrogens with one attached hydrogen (secondary N) is 1. The standard InChI is InChI=1S/C14H21NO4/c1-4-7-8-11-10(9-16)12(18-5-2)13(19-6-3)14(17)15-11/h11H,4-8H2,1-3H3,(H,15,17). The molecular weight excluding hydrogens is 246 g/mol. The predicted octanol–water partition coefficient (Wildman–Crippen LogP) is 1.72. The Balaban J connectivity index is 3.11. The van der Waals surface area contributed by atoms with Crippen molar-refractivity contribution in [2.45, 2.75) is 46.1 Å². The summed E-state index contributed by atoms with van der Waals surface area (Å²) in [5.41, 5.74) is 0.346. The first-order valence-electron chi connectivity index (χ1n) is 6.75. The summed E-state index contributed by atoms with van der Waals surface area (Å²) in [6, 6.07) is -0.337. The molecule has 1 rings (SSSR count). The third kappa shape index (κ3) is 3.61. The zero-order valence-electron chi connectivity index (χ0n) is 11.7. The van der Waals surface area contributed by atoms with Crippen molar-refractivity contribution >= 4 is 11.8 Å². The van der Waals surface area contributed by atoms with Gasteiger partial charge in [-0.3, -0.25) is 4.79 Å². The second-order valence-corrected chi connectivity index (χ2v) is 4.21. The Morgan fingerprint density at radius 1 is 1.16 bits per heavy atom. The summed E-state index contributed by atoms with van der Waals surface area (Å²) in [6.45, 7) is 6.33. The van der Waals surface area contributed by atoms with Crippen molar-refractivity contribution in [2.24, 2.45) is 0 Å². The number of unbranched alkanes of at least 4 members (excludes halogenated alkanes) is 1. The lowest BCUT2D eigenvalue weighted by atomic mass is 9.96. The molecule has 0 bridgehead atoms. The molecule has 1 aliphatic heterocycles. The quantitative estimate of drug-likeness (QED) is 0.713. The topological polar surface area (TPSA) is 64.6 Å². The van der Waals surface area contributed by atoms with E-state index in [-0.39, 0.29) is 23.5 Å². The average molecular weight is 267 g/mol. The van der Waals surface area contributed by atoms with Crippen LogP contribution in [0.1, 0.15) is 40.0 Å². The van der Waals surface area contributed by atoms with Crippen LogP contribution < -0.4 is 5.32 Å². The fourth-order valence-electron chi connectivity index (χ4n) is 1.98. The number of ether oxygens (including phenoxy) is 2. The molecule has 0 aromatic heterocycles. The fourth-order valence-corrected chi connectivity index (χ4v) is 1.98. The van der Waals surface area contributed by atoms with E-state index in [0.717, 1.165) is 12.8 Å². The molecule has 0 aromatic rings. The summed E-state index contributed by atoms with van der Waals surface area (Å²) in [7, 11) is 0. The van der Waals surface area contributed by atoms with Crippen molar-refractivity contribution in [2.75, 3.05) is 13.2 Å². The van der Waals surface area contributed by atoms with Gasteiger partial charge in [0.25, 0.3) is 5.91 Å². The third-order valence-corrected chi connectivity index (χ3v) is 2.84. The minimum Gasteiger partial charge on any atom is -0.489 e. The number of carbonyl (C=O) groups excluding carboxylic acids is 2. The van der Waals surface area contributed by atoms with Gasteiger partial charge in [-0.05, 0) is 20.3 Å². The summed E-state index contributed by atoms with van der Waals surface area (Å²) in [5, 5.41) is 2.77. The summed E-state index contributed by atoms with van der Waals surface area (Å²) < 4.78 is 10.7. The molecule has 5 heteroatoms. The van der Waals surface area contributed by atoms with Crippen molar-refractivity contribution in [3.63, 3.8) is 0 Å². The molecule has 1 amide bonds. The molecule has 0 radical (unpaired) electrons. The maximum Gasteiger partial charge on any atom is 0.290 e. The van der Waals surface area contributed by atoms with Gasteiger partial charge in [-0.2, -0.15) is 0 Å². The molecule has 5 nitrogen and oxygen atoms in total. The van der Waals surface area contributed by atoms with Crippen molar-refractivity contribution in [1.29, 1.82) is 0 Å². The van der Waals surface area contributed by atoms with E-state index in [1.54, 1.807) is 13.8 Å². The van der Waals surface area contributed by atoms with E-state index < -0.39 is 0 Å². The summed E-state index contributed by atoms with van der Waals surface area (Å²) in [4.78, 5) is 23.2. The highest BCUT2D eigenvalue weighted by molar-refractivity contribution is 5.96. The van der Waals surface area contributed by atoms with Crippen LogP contribution in [0.15, 0.2) is 17.1 Å². The van der Waals surface area contributed by atoms with Crippen LogP contribution in [0.5, 0.6) is 0 Å². The molecule has 1 N–H and O–H groups in total. The first kappa shape index (κ1) is 15.3. The van der Waals surface area contributed by atoms with E-state index in [0.29, 0.717) is 25.2 Å². The van der Waals surface area contributed by atoms with Gasteiger partial charge in [0.1, 0.15) is 11.5 Å². The first-order valence-corrected chi connectivity index (χ1v) is 6.75. The molecular formula is C14H21NO4. The van der Waals surface area contributed by atoms with Crippen LogP contribution in [0.25, 0.3) is 0 Å². The van der Waals surface area contributed by atoms with Gasteiger partial charge in [0, 0.05) is 0 Å².